The third kappa shape index (κ3) is 3.85. The van der Waals surface area contributed by atoms with Gasteiger partial charge in [-0.1, -0.05) is 23.8 Å². The molecule has 0 radical (unpaired) electrons. The molecule has 1 aliphatic heterocycles. The lowest BCUT2D eigenvalue weighted by Gasteiger charge is -2.25. The molecule has 2 N–H and O–H groups in total. The Kier molecular flexibility index (Phi) is 4.40. The highest BCUT2D eigenvalue weighted by molar-refractivity contribution is 5.89. The molecule has 0 atom stereocenters. The number of rotatable bonds is 3. The Labute approximate surface area is 117 Å². The van der Waals surface area contributed by atoms with Crippen LogP contribution in [-0.4, -0.2) is 35.1 Å². The van der Waals surface area contributed by atoms with Crippen LogP contribution in [0, 0.1) is 0 Å². The zero-order valence-electron chi connectivity index (χ0n) is 11.4. The van der Waals surface area contributed by atoms with Crippen LogP contribution in [-0.2, 0) is 11.2 Å². The number of hydrogen-bond donors (Lipinski definition) is 2. The molecule has 2 rings (SSSR count). The van der Waals surface area contributed by atoms with Gasteiger partial charge in [0.05, 0.1) is 6.42 Å². The highest BCUT2D eigenvalue weighted by Crippen LogP contribution is 2.14. The molecule has 0 unspecified atom stereocenters. The first-order valence-electron chi connectivity index (χ1n) is 6.57. The molecule has 0 bridgehead atoms. The molecular weight excluding hydrogens is 256 g/mol. The van der Waals surface area contributed by atoms with Gasteiger partial charge in [-0.25, -0.2) is 4.79 Å². The molecule has 0 aliphatic carbocycles. The Morgan fingerprint density at radius 3 is 2.85 bits per heavy atom. The van der Waals surface area contributed by atoms with E-state index in [4.69, 9.17) is 5.11 Å². The molecule has 0 aromatic heterocycles. The summed E-state index contributed by atoms with van der Waals surface area (Å²) in [6.45, 7) is 3.39. The number of nitrogens with zero attached hydrogens (tertiary/aromatic N) is 1. The summed E-state index contributed by atoms with van der Waals surface area (Å²) in [6, 6.07) is 6.78. The number of carbonyl (C=O) groups excluding carboxylic acids is 1. The molecule has 20 heavy (non-hydrogen) atoms. The van der Waals surface area contributed by atoms with Crippen molar-refractivity contribution in [1.29, 1.82) is 0 Å². The van der Waals surface area contributed by atoms with E-state index in [9.17, 15) is 9.59 Å². The quantitative estimate of drug-likeness (QED) is 0.832. The van der Waals surface area contributed by atoms with Gasteiger partial charge in [-0.15, -0.1) is 0 Å². The molecule has 5 nitrogen and oxygen atoms in total. The van der Waals surface area contributed by atoms with Crippen molar-refractivity contribution in [2.24, 2.45) is 0 Å². The summed E-state index contributed by atoms with van der Waals surface area (Å²) in [5.41, 5.74) is 2.60. The second kappa shape index (κ2) is 6.23. The average molecular weight is 274 g/mol. The van der Waals surface area contributed by atoms with Crippen LogP contribution in [0.25, 0.3) is 0 Å². The Hall–Kier alpha value is -2.30. The van der Waals surface area contributed by atoms with Gasteiger partial charge in [0.15, 0.2) is 0 Å². The van der Waals surface area contributed by atoms with E-state index < -0.39 is 5.97 Å². The smallest absolute Gasteiger partial charge is 0.322 e. The first kappa shape index (κ1) is 14.1. The fourth-order valence-corrected chi connectivity index (χ4v) is 2.09. The van der Waals surface area contributed by atoms with Gasteiger partial charge in [0.1, 0.15) is 0 Å². The fraction of sp³-hybridized carbons (Fsp3) is 0.333. The monoisotopic (exact) mass is 274 g/mol. The van der Waals surface area contributed by atoms with E-state index in [1.165, 1.54) is 5.57 Å². The van der Waals surface area contributed by atoms with E-state index in [2.05, 4.69) is 12.2 Å². The third-order valence-corrected chi connectivity index (χ3v) is 3.26. The summed E-state index contributed by atoms with van der Waals surface area (Å²) in [6.07, 6.45) is 2.89. The molecule has 1 heterocycles. The van der Waals surface area contributed by atoms with E-state index in [-0.39, 0.29) is 12.5 Å². The van der Waals surface area contributed by atoms with Gasteiger partial charge < -0.3 is 15.3 Å². The zero-order valence-corrected chi connectivity index (χ0v) is 11.4. The number of anilines is 1. The molecule has 1 aromatic carbocycles. The summed E-state index contributed by atoms with van der Waals surface area (Å²) >= 11 is 0. The molecule has 1 aromatic rings. The van der Waals surface area contributed by atoms with E-state index in [1.54, 1.807) is 29.2 Å². The second-order valence-corrected chi connectivity index (χ2v) is 4.95. The van der Waals surface area contributed by atoms with Gasteiger partial charge in [-0.2, -0.15) is 0 Å². The number of amides is 2. The van der Waals surface area contributed by atoms with Crippen LogP contribution in [0.5, 0.6) is 0 Å². The number of carboxylic acids is 1. The molecule has 5 heteroatoms. The SMILES string of the molecule is CC1=CCN(C(=O)Nc2cccc(CC(=O)O)c2)CC1. The van der Waals surface area contributed by atoms with Crippen molar-refractivity contribution in [3.05, 3.63) is 41.5 Å². The number of aliphatic carboxylic acids is 1. The van der Waals surface area contributed by atoms with Crippen molar-refractivity contribution in [3.8, 4) is 0 Å². The summed E-state index contributed by atoms with van der Waals surface area (Å²) in [4.78, 5) is 24.5. The normalized spacial score (nSPS) is 14.7. The van der Waals surface area contributed by atoms with E-state index in [0.717, 1.165) is 6.42 Å². The number of hydrogen-bond acceptors (Lipinski definition) is 2. The Morgan fingerprint density at radius 1 is 1.40 bits per heavy atom. The van der Waals surface area contributed by atoms with Crippen LogP contribution >= 0.6 is 0 Å². The molecule has 0 fully saturated rings. The Balaban J connectivity index is 1.99. The molecule has 0 saturated carbocycles. The van der Waals surface area contributed by atoms with Gasteiger partial charge in [-0.05, 0) is 31.0 Å². The predicted octanol–water partition coefficient (Wildman–Crippen LogP) is 2.50. The lowest BCUT2D eigenvalue weighted by molar-refractivity contribution is -0.136. The standard InChI is InChI=1S/C15H18N2O3/c1-11-5-7-17(8-6-11)15(20)16-13-4-2-3-12(9-13)10-14(18)19/h2-5,9H,6-8,10H2,1H3,(H,16,20)(H,18,19). The van der Waals surface area contributed by atoms with Crippen LogP contribution in [0.4, 0.5) is 10.5 Å². The largest absolute Gasteiger partial charge is 0.481 e. The number of carbonyl (C=O) groups is 2. The number of carboxylic acid groups (broad SMARTS) is 1. The summed E-state index contributed by atoms with van der Waals surface area (Å²) in [5.74, 6) is -0.884. The van der Waals surface area contributed by atoms with E-state index in [1.807, 2.05) is 6.08 Å². The van der Waals surface area contributed by atoms with Gasteiger partial charge in [-0.3, -0.25) is 4.79 Å². The maximum absolute atomic E-state index is 12.1. The zero-order chi connectivity index (χ0) is 14.5. The highest BCUT2D eigenvalue weighted by Gasteiger charge is 2.15. The fourth-order valence-electron chi connectivity index (χ4n) is 2.09. The van der Waals surface area contributed by atoms with E-state index >= 15 is 0 Å². The van der Waals surface area contributed by atoms with Gasteiger partial charge in [0.2, 0.25) is 0 Å². The number of benzene rings is 1. The molecule has 1 aliphatic rings. The van der Waals surface area contributed by atoms with Crippen molar-refractivity contribution in [1.82, 2.24) is 4.90 Å². The van der Waals surface area contributed by atoms with Gasteiger partial charge in [0, 0.05) is 18.8 Å². The lowest BCUT2D eigenvalue weighted by Crippen LogP contribution is -2.37. The van der Waals surface area contributed by atoms with E-state index in [0.29, 0.717) is 24.3 Å². The van der Waals surface area contributed by atoms with Gasteiger partial charge >= 0.3 is 12.0 Å². The summed E-state index contributed by atoms with van der Waals surface area (Å²) in [7, 11) is 0. The average Bonchev–Trinajstić information content (AvgIpc) is 2.39. The van der Waals surface area contributed by atoms with Crippen molar-refractivity contribution < 1.29 is 14.7 Å². The van der Waals surface area contributed by atoms with Crippen LogP contribution in [0.15, 0.2) is 35.9 Å². The number of urea groups is 1. The summed E-state index contributed by atoms with van der Waals surface area (Å²) < 4.78 is 0. The molecule has 106 valence electrons. The summed E-state index contributed by atoms with van der Waals surface area (Å²) in [5, 5.41) is 11.6. The first-order chi connectivity index (χ1) is 9.54. The highest BCUT2D eigenvalue weighted by atomic mass is 16.4. The van der Waals surface area contributed by atoms with Crippen molar-refractivity contribution in [3.63, 3.8) is 0 Å². The lowest BCUT2D eigenvalue weighted by atomic mass is 10.1. The molecule has 0 saturated heterocycles. The van der Waals surface area contributed by atoms with Crippen molar-refractivity contribution in [2.75, 3.05) is 18.4 Å². The topological polar surface area (TPSA) is 69.6 Å². The van der Waals surface area contributed by atoms with Crippen LogP contribution in [0.2, 0.25) is 0 Å². The number of nitrogens with one attached hydrogen (secondary N) is 1. The van der Waals surface area contributed by atoms with Crippen LogP contribution in [0.1, 0.15) is 18.9 Å². The van der Waals surface area contributed by atoms with Crippen LogP contribution < -0.4 is 5.32 Å². The van der Waals surface area contributed by atoms with Crippen molar-refractivity contribution >= 4 is 17.7 Å². The maximum Gasteiger partial charge on any atom is 0.322 e. The Bertz CT molecular complexity index is 552. The van der Waals surface area contributed by atoms with Gasteiger partial charge in [0.25, 0.3) is 0 Å². The third-order valence-electron chi connectivity index (χ3n) is 3.26. The molecule has 0 spiro atoms. The minimum Gasteiger partial charge on any atom is -0.481 e. The van der Waals surface area contributed by atoms with Crippen molar-refractivity contribution in [2.45, 2.75) is 19.8 Å². The maximum atomic E-state index is 12.1. The predicted molar refractivity (Wildman–Crippen MR) is 76.7 cm³/mol. The minimum absolute atomic E-state index is 0.0463. The molecule has 2 amide bonds. The second-order valence-electron chi connectivity index (χ2n) is 4.95. The first-order valence-corrected chi connectivity index (χ1v) is 6.57. The minimum atomic E-state index is -0.884. The van der Waals surface area contributed by atoms with Crippen LogP contribution in [0.3, 0.4) is 0 Å². The molecular formula is C15H18N2O3. The Morgan fingerprint density at radius 2 is 2.20 bits per heavy atom.